The molecule has 2 aliphatic rings. The van der Waals surface area contributed by atoms with Crippen LogP contribution in [-0.2, 0) is 14.4 Å². The first kappa shape index (κ1) is 15.8. The van der Waals surface area contributed by atoms with Gasteiger partial charge in [0.25, 0.3) is 0 Å². The summed E-state index contributed by atoms with van der Waals surface area (Å²) in [5.41, 5.74) is 0. The van der Waals surface area contributed by atoms with Crippen LogP contribution in [0.3, 0.4) is 0 Å². The van der Waals surface area contributed by atoms with Crippen LogP contribution in [0.25, 0.3) is 0 Å². The second kappa shape index (κ2) is 6.45. The van der Waals surface area contributed by atoms with E-state index < -0.39 is 11.9 Å². The molecular weight excluding hydrogens is 272 g/mol. The molecule has 2 atom stereocenters. The lowest BCUT2D eigenvalue weighted by atomic mass is 9.95. The highest BCUT2D eigenvalue weighted by Gasteiger charge is 2.37. The molecule has 2 rings (SSSR count). The standard InChI is InChI=1S/C15H24N2O4/c1-9(2)12(15(20)21)6-16-14(19)11-5-13(18)17(8-11)7-10-3-4-10/h9-12H,3-8H2,1-2H3,(H,16,19)(H,20,21). The normalized spacial score (nSPS) is 23.5. The van der Waals surface area contributed by atoms with Crippen LogP contribution in [0.1, 0.15) is 33.1 Å². The molecule has 1 saturated heterocycles. The number of likely N-dealkylation sites (tertiary alicyclic amines) is 1. The monoisotopic (exact) mass is 296 g/mol. The van der Waals surface area contributed by atoms with Crippen LogP contribution in [0.2, 0.25) is 0 Å². The smallest absolute Gasteiger partial charge is 0.308 e. The number of carboxylic acids is 1. The molecule has 0 radical (unpaired) electrons. The Labute approximate surface area is 124 Å². The zero-order valence-electron chi connectivity index (χ0n) is 12.7. The van der Waals surface area contributed by atoms with E-state index in [-0.39, 0.29) is 36.6 Å². The number of carbonyl (C=O) groups excluding carboxylic acids is 2. The second-order valence-electron chi connectivity index (χ2n) is 6.58. The molecule has 2 N–H and O–H groups in total. The molecule has 1 heterocycles. The first-order valence-electron chi connectivity index (χ1n) is 7.66. The van der Waals surface area contributed by atoms with Crippen molar-refractivity contribution in [1.82, 2.24) is 10.2 Å². The van der Waals surface area contributed by atoms with Crippen LogP contribution >= 0.6 is 0 Å². The fourth-order valence-corrected chi connectivity index (χ4v) is 2.70. The Bertz CT molecular complexity index is 431. The Hall–Kier alpha value is -1.59. The summed E-state index contributed by atoms with van der Waals surface area (Å²) in [5, 5.41) is 11.8. The molecule has 2 amide bonds. The van der Waals surface area contributed by atoms with Gasteiger partial charge in [-0.25, -0.2) is 0 Å². The fraction of sp³-hybridized carbons (Fsp3) is 0.800. The van der Waals surface area contributed by atoms with Gasteiger partial charge in [0.15, 0.2) is 0 Å². The fourth-order valence-electron chi connectivity index (χ4n) is 2.70. The molecule has 1 saturated carbocycles. The number of nitrogens with zero attached hydrogens (tertiary/aromatic N) is 1. The maximum Gasteiger partial charge on any atom is 0.308 e. The third-order valence-corrected chi connectivity index (χ3v) is 4.38. The summed E-state index contributed by atoms with van der Waals surface area (Å²) in [4.78, 5) is 36.8. The van der Waals surface area contributed by atoms with Crippen LogP contribution in [0.5, 0.6) is 0 Å². The summed E-state index contributed by atoms with van der Waals surface area (Å²) in [7, 11) is 0. The summed E-state index contributed by atoms with van der Waals surface area (Å²) in [6.45, 7) is 5.01. The van der Waals surface area contributed by atoms with E-state index in [1.807, 2.05) is 13.8 Å². The quantitative estimate of drug-likeness (QED) is 0.724. The molecule has 118 valence electrons. The summed E-state index contributed by atoms with van der Waals surface area (Å²) < 4.78 is 0. The minimum atomic E-state index is -0.900. The van der Waals surface area contributed by atoms with E-state index in [1.54, 1.807) is 4.90 Å². The number of carboxylic acid groups (broad SMARTS) is 1. The highest BCUT2D eigenvalue weighted by atomic mass is 16.4. The molecule has 21 heavy (non-hydrogen) atoms. The second-order valence-corrected chi connectivity index (χ2v) is 6.58. The zero-order chi connectivity index (χ0) is 15.6. The van der Waals surface area contributed by atoms with Crippen molar-refractivity contribution in [2.75, 3.05) is 19.6 Å². The van der Waals surface area contributed by atoms with Crippen molar-refractivity contribution in [1.29, 1.82) is 0 Å². The van der Waals surface area contributed by atoms with E-state index in [2.05, 4.69) is 5.32 Å². The summed E-state index contributed by atoms with van der Waals surface area (Å²) in [5.74, 6) is -1.41. The lowest BCUT2D eigenvalue weighted by Gasteiger charge is -2.19. The Morgan fingerprint density at radius 3 is 2.57 bits per heavy atom. The van der Waals surface area contributed by atoms with Crippen LogP contribution in [-0.4, -0.2) is 47.4 Å². The van der Waals surface area contributed by atoms with Gasteiger partial charge >= 0.3 is 5.97 Å². The number of rotatable bonds is 7. The number of aliphatic carboxylic acids is 1. The minimum absolute atomic E-state index is 0.0422. The summed E-state index contributed by atoms with van der Waals surface area (Å²) >= 11 is 0. The zero-order valence-corrected chi connectivity index (χ0v) is 12.7. The lowest BCUT2D eigenvalue weighted by Crippen LogP contribution is -2.39. The predicted octanol–water partition coefficient (Wildman–Crippen LogP) is 0.718. The van der Waals surface area contributed by atoms with Gasteiger partial charge in [-0.05, 0) is 24.7 Å². The van der Waals surface area contributed by atoms with Crippen molar-refractivity contribution in [3.63, 3.8) is 0 Å². The largest absolute Gasteiger partial charge is 0.481 e. The van der Waals surface area contributed by atoms with Gasteiger partial charge < -0.3 is 15.3 Å². The van der Waals surface area contributed by atoms with E-state index >= 15 is 0 Å². The van der Waals surface area contributed by atoms with Crippen molar-refractivity contribution in [2.45, 2.75) is 33.1 Å². The van der Waals surface area contributed by atoms with Crippen LogP contribution < -0.4 is 5.32 Å². The average Bonchev–Trinajstić information content (AvgIpc) is 3.12. The Morgan fingerprint density at radius 1 is 1.38 bits per heavy atom. The average molecular weight is 296 g/mol. The van der Waals surface area contributed by atoms with Gasteiger partial charge in [0.05, 0.1) is 11.8 Å². The third-order valence-electron chi connectivity index (χ3n) is 4.38. The van der Waals surface area contributed by atoms with Gasteiger partial charge in [0, 0.05) is 26.1 Å². The first-order chi connectivity index (χ1) is 9.88. The van der Waals surface area contributed by atoms with Crippen LogP contribution in [0.15, 0.2) is 0 Å². The van der Waals surface area contributed by atoms with Crippen molar-refractivity contribution < 1.29 is 19.5 Å². The summed E-state index contributed by atoms with van der Waals surface area (Å²) in [6, 6.07) is 0. The molecule has 2 fully saturated rings. The SMILES string of the molecule is CC(C)C(CNC(=O)C1CC(=O)N(CC2CC2)C1)C(=O)O. The number of amides is 2. The maximum absolute atomic E-state index is 12.1. The van der Waals surface area contributed by atoms with Crippen LogP contribution in [0.4, 0.5) is 0 Å². The van der Waals surface area contributed by atoms with E-state index in [1.165, 1.54) is 12.8 Å². The van der Waals surface area contributed by atoms with Crippen molar-refractivity contribution in [3.8, 4) is 0 Å². The van der Waals surface area contributed by atoms with Gasteiger partial charge in [-0.1, -0.05) is 13.8 Å². The molecule has 0 aromatic carbocycles. The topological polar surface area (TPSA) is 86.7 Å². The van der Waals surface area contributed by atoms with E-state index in [0.29, 0.717) is 12.5 Å². The maximum atomic E-state index is 12.1. The first-order valence-corrected chi connectivity index (χ1v) is 7.66. The van der Waals surface area contributed by atoms with Gasteiger partial charge in [-0.3, -0.25) is 14.4 Å². The molecule has 0 aromatic rings. The van der Waals surface area contributed by atoms with Gasteiger partial charge in [0.2, 0.25) is 11.8 Å². The van der Waals surface area contributed by atoms with Crippen LogP contribution in [0, 0.1) is 23.7 Å². The van der Waals surface area contributed by atoms with E-state index in [4.69, 9.17) is 5.11 Å². The molecule has 2 unspecified atom stereocenters. The number of carbonyl (C=O) groups is 3. The molecule has 1 aliphatic heterocycles. The molecule has 0 bridgehead atoms. The Balaban J connectivity index is 1.80. The molecular formula is C15H24N2O4. The molecule has 0 aromatic heterocycles. The highest BCUT2D eigenvalue weighted by molar-refractivity contribution is 5.89. The highest BCUT2D eigenvalue weighted by Crippen LogP contribution is 2.32. The molecule has 6 heteroatoms. The molecule has 0 spiro atoms. The summed E-state index contributed by atoms with van der Waals surface area (Å²) in [6.07, 6.45) is 2.60. The Morgan fingerprint density at radius 2 is 2.05 bits per heavy atom. The Kier molecular flexibility index (Phi) is 4.85. The minimum Gasteiger partial charge on any atom is -0.481 e. The lowest BCUT2D eigenvalue weighted by molar-refractivity contribution is -0.143. The van der Waals surface area contributed by atoms with Gasteiger partial charge in [0.1, 0.15) is 0 Å². The molecule has 6 nitrogen and oxygen atoms in total. The molecule has 1 aliphatic carbocycles. The van der Waals surface area contributed by atoms with Gasteiger partial charge in [-0.2, -0.15) is 0 Å². The predicted molar refractivity (Wildman–Crippen MR) is 76.4 cm³/mol. The van der Waals surface area contributed by atoms with Gasteiger partial charge in [-0.15, -0.1) is 0 Å². The van der Waals surface area contributed by atoms with E-state index in [9.17, 15) is 14.4 Å². The number of hydrogen-bond donors (Lipinski definition) is 2. The van der Waals surface area contributed by atoms with Crippen molar-refractivity contribution >= 4 is 17.8 Å². The van der Waals surface area contributed by atoms with Crippen molar-refractivity contribution in [2.24, 2.45) is 23.7 Å². The number of hydrogen-bond acceptors (Lipinski definition) is 3. The number of nitrogens with one attached hydrogen (secondary N) is 1. The van der Waals surface area contributed by atoms with Crippen molar-refractivity contribution in [3.05, 3.63) is 0 Å². The van der Waals surface area contributed by atoms with E-state index in [0.717, 1.165) is 6.54 Å². The third kappa shape index (κ3) is 4.19.